The highest BCUT2D eigenvalue weighted by Gasteiger charge is 2.30. The SMILES string of the molecule is CCOc1ccc(NC(=O)c2ccc(C(C)(C)C)cc2)cc1S(=O)(=O)N1CCCC1. The van der Waals surface area contributed by atoms with E-state index in [9.17, 15) is 13.2 Å². The molecule has 1 fully saturated rings. The largest absolute Gasteiger partial charge is 0.492 e. The van der Waals surface area contributed by atoms with Crippen molar-refractivity contribution in [2.75, 3.05) is 25.0 Å². The van der Waals surface area contributed by atoms with E-state index in [2.05, 4.69) is 26.1 Å². The van der Waals surface area contributed by atoms with E-state index in [0.29, 0.717) is 36.7 Å². The Morgan fingerprint density at radius 2 is 1.70 bits per heavy atom. The van der Waals surface area contributed by atoms with Gasteiger partial charge in [0.25, 0.3) is 5.91 Å². The molecule has 0 saturated carbocycles. The number of benzene rings is 2. The Labute approximate surface area is 179 Å². The van der Waals surface area contributed by atoms with Gasteiger partial charge in [-0.3, -0.25) is 4.79 Å². The van der Waals surface area contributed by atoms with Gasteiger partial charge in [0, 0.05) is 24.3 Å². The summed E-state index contributed by atoms with van der Waals surface area (Å²) in [7, 11) is -3.68. The first-order chi connectivity index (χ1) is 14.1. The van der Waals surface area contributed by atoms with Crippen molar-refractivity contribution in [3.8, 4) is 5.75 Å². The zero-order valence-corrected chi connectivity index (χ0v) is 18.9. The van der Waals surface area contributed by atoms with E-state index in [1.807, 2.05) is 19.1 Å². The van der Waals surface area contributed by atoms with Crippen molar-refractivity contribution >= 4 is 21.6 Å². The van der Waals surface area contributed by atoms with E-state index in [4.69, 9.17) is 4.74 Å². The minimum Gasteiger partial charge on any atom is -0.492 e. The van der Waals surface area contributed by atoms with Crippen molar-refractivity contribution in [3.05, 3.63) is 53.6 Å². The second-order valence-electron chi connectivity index (χ2n) is 8.49. The molecule has 6 nitrogen and oxygen atoms in total. The summed E-state index contributed by atoms with van der Waals surface area (Å²) in [6.45, 7) is 9.52. The second kappa shape index (κ2) is 8.78. The zero-order valence-electron chi connectivity index (χ0n) is 18.1. The average Bonchev–Trinajstić information content (AvgIpc) is 3.24. The standard InChI is InChI=1S/C23H30N2O4S/c1-5-29-20-13-12-19(16-21(20)30(27,28)25-14-6-7-15-25)24-22(26)17-8-10-18(11-9-17)23(2,3)4/h8-13,16H,5-7,14-15H2,1-4H3,(H,24,26). The molecule has 1 aliphatic rings. The lowest BCUT2D eigenvalue weighted by molar-refractivity contribution is 0.102. The van der Waals surface area contributed by atoms with E-state index in [1.165, 1.54) is 10.4 Å². The number of nitrogens with zero attached hydrogens (tertiary/aromatic N) is 1. The number of sulfonamides is 1. The normalized spacial score (nSPS) is 15.2. The molecule has 2 aromatic rings. The number of ether oxygens (including phenoxy) is 1. The maximum absolute atomic E-state index is 13.1. The van der Waals surface area contributed by atoms with Gasteiger partial charge in [0.15, 0.2) is 0 Å². The van der Waals surface area contributed by atoms with Gasteiger partial charge in [0.2, 0.25) is 10.0 Å². The van der Waals surface area contributed by atoms with Gasteiger partial charge in [-0.05, 0) is 61.1 Å². The highest BCUT2D eigenvalue weighted by Crippen LogP contribution is 2.32. The molecule has 0 bridgehead atoms. The predicted octanol–water partition coefficient (Wildman–Crippen LogP) is 4.42. The molecule has 0 spiro atoms. The fourth-order valence-electron chi connectivity index (χ4n) is 3.45. The number of nitrogens with one attached hydrogen (secondary N) is 1. The summed E-state index contributed by atoms with van der Waals surface area (Å²) in [5.74, 6) is 0.0149. The number of amides is 1. The third kappa shape index (κ3) is 4.84. The van der Waals surface area contributed by atoms with Crippen LogP contribution in [0.2, 0.25) is 0 Å². The number of hydrogen-bond acceptors (Lipinski definition) is 4. The molecule has 7 heteroatoms. The molecule has 1 heterocycles. The van der Waals surface area contributed by atoms with Gasteiger partial charge in [0.05, 0.1) is 6.61 Å². The maximum Gasteiger partial charge on any atom is 0.255 e. The molecule has 3 rings (SSSR count). The highest BCUT2D eigenvalue weighted by molar-refractivity contribution is 7.89. The van der Waals surface area contributed by atoms with Gasteiger partial charge < -0.3 is 10.1 Å². The third-order valence-electron chi connectivity index (χ3n) is 5.20. The lowest BCUT2D eigenvalue weighted by Crippen LogP contribution is -2.28. The van der Waals surface area contributed by atoms with Gasteiger partial charge in [-0.25, -0.2) is 8.42 Å². The Morgan fingerprint density at radius 1 is 1.07 bits per heavy atom. The van der Waals surface area contributed by atoms with Gasteiger partial charge in [-0.15, -0.1) is 0 Å². The molecule has 1 aliphatic heterocycles. The van der Waals surface area contributed by atoms with E-state index < -0.39 is 10.0 Å². The number of carbonyl (C=O) groups excluding carboxylic acids is 1. The summed E-state index contributed by atoms with van der Waals surface area (Å²) in [5, 5.41) is 2.81. The molecule has 2 aromatic carbocycles. The molecule has 30 heavy (non-hydrogen) atoms. The minimum absolute atomic E-state index is 0.00292. The Kier molecular flexibility index (Phi) is 6.53. The van der Waals surface area contributed by atoms with Crippen molar-refractivity contribution in [3.63, 3.8) is 0 Å². The first-order valence-corrected chi connectivity index (χ1v) is 11.8. The summed E-state index contributed by atoms with van der Waals surface area (Å²) in [6, 6.07) is 12.2. The Hall–Kier alpha value is -2.38. The lowest BCUT2D eigenvalue weighted by atomic mass is 9.87. The first-order valence-electron chi connectivity index (χ1n) is 10.3. The second-order valence-corrected chi connectivity index (χ2v) is 10.4. The first kappa shape index (κ1) is 22.3. The van der Waals surface area contributed by atoms with Crippen LogP contribution in [0.5, 0.6) is 5.75 Å². The number of rotatable bonds is 6. The predicted molar refractivity (Wildman–Crippen MR) is 119 cm³/mol. The molecule has 1 saturated heterocycles. The van der Waals surface area contributed by atoms with E-state index in [-0.39, 0.29) is 16.2 Å². The van der Waals surface area contributed by atoms with E-state index >= 15 is 0 Å². The number of anilines is 1. The molecular weight excluding hydrogens is 400 g/mol. The van der Waals surface area contributed by atoms with E-state index in [1.54, 1.807) is 24.3 Å². The summed E-state index contributed by atoms with van der Waals surface area (Å²) in [5.41, 5.74) is 2.07. The van der Waals surface area contributed by atoms with Crippen molar-refractivity contribution in [2.45, 2.75) is 50.8 Å². The van der Waals surface area contributed by atoms with Crippen LogP contribution in [0, 0.1) is 0 Å². The molecule has 0 atom stereocenters. The van der Waals surface area contributed by atoms with Gasteiger partial charge in [-0.1, -0.05) is 32.9 Å². The van der Waals surface area contributed by atoms with Crippen LogP contribution < -0.4 is 10.1 Å². The topological polar surface area (TPSA) is 75.7 Å². The Bertz CT molecular complexity index is 1000. The molecule has 0 aromatic heterocycles. The minimum atomic E-state index is -3.68. The van der Waals surface area contributed by atoms with Crippen molar-refractivity contribution < 1.29 is 17.9 Å². The summed E-state index contributed by atoms with van der Waals surface area (Å²) >= 11 is 0. The molecule has 1 N–H and O–H groups in total. The van der Waals surface area contributed by atoms with Gasteiger partial charge >= 0.3 is 0 Å². The zero-order chi connectivity index (χ0) is 21.9. The van der Waals surface area contributed by atoms with Crippen molar-refractivity contribution in [1.82, 2.24) is 4.31 Å². The maximum atomic E-state index is 13.1. The van der Waals surface area contributed by atoms with Crippen LogP contribution in [-0.2, 0) is 15.4 Å². The van der Waals surface area contributed by atoms with Crippen LogP contribution in [0.4, 0.5) is 5.69 Å². The highest BCUT2D eigenvalue weighted by atomic mass is 32.2. The molecule has 1 amide bonds. The van der Waals surface area contributed by atoms with Crippen LogP contribution >= 0.6 is 0 Å². The molecular formula is C23H30N2O4S. The fraction of sp³-hybridized carbons (Fsp3) is 0.435. The monoisotopic (exact) mass is 430 g/mol. The van der Waals surface area contributed by atoms with Crippen LogP contribution in [-0.4, -0.2) is 38.3 Å². The van der Waals surface area contributed by atoms with Crippen molar-refractivity contribution in [2.24, 2.45) is 0 Å². The fourth-order valence-corrected chi connectivity index (χ4v) is 5.13. The smallest absolute Gasteiger partial charge is 0.255 e. The summed E-state index contributed by atoms with van der Waals surface area (Å²) in [6.07, 6.45) is 1.70. The molecule has 162 valence electrons. The lowest BCUT2D eigenvalue weighted by Gasteiger charge is -2.20. The van der Waals surface area contributed by atoms with Crippen molar-refractivity contribution in [1.29, 1.82) is 0 Å². The third-order valence-corrected chi connectivity index (χ3v) is 7.12. The van der Waals surface area contributed by atoms with Crippen LogP contribution in [0.15, 0.2) is 47.4 Å². The summed E-state index contributed by atoms with van der Waals surface area (Å²) < 4.78 is 33.2. The number of hydrogen-bond donors (Lipinski definition) is 1. The van der Waals surface area contributed by atoms with E-state index in [0.717, 1.165) is 18.4 Å². The molecule has 0 radical (unpaired) electrons. The summed E-state index contributed by atoms with van der Waals surface area (Å²) in [4.78, 5) is 12.8. The van der Waals surface area contributed by atoms with Gasteiger partial charge in [0.1, 0.15) is 10.6 Å². The van der Waals surface area contributed by atoms with Crippen LogP contribution in [0.25, 0.3) is 0 Å². The molecule has 0 aliphatic carbocycles. The Morgan fingerprint density at radius 3 is 2.27 bits per heavy atom. The average molecular weight is 431 g/mol. The molecule has 0 unspecified atom stereocenters. The number of carbonyl (C=O) groups is 1. The van der Waals surface area contributed by atoms with Crippen LogP contribution in [0.1, 0.15) is 56.5 Å². The Balaban J connectivity index is 1.87. The van der Waals surface area contributed by atoms with Crippen LogP contribution in [0.3, 0.4) is 0 Å². The quantitative estimate of drug-likeness (QED) is 0.736. The van der Waals surface area contributed by atoms with Gasteiger partial charge in [-0.2, -0.15) is 4.31 Å².